The average Bonchev–Trinajstić information content (AvgIpc) is 2.55. The van der Waals surface area contributed by atoms with E-state index in [0.29, 0.717) is 16.8 Å². The van der Waals surface area contributed by atoms with Gasteiger partial charge in [-0.25, -0.2) is 4.79 Å². The molecule has 2 rings (SSSR count). The van der Waals surface area contributed by atoms with Crippen molar-refractivity contribution >= 4 is 35.1 Å². The summed E-state index contributed by atoms with van der Waals surface area (Å²) in [6.07, 6.45) is 0. The molecular weight excluding hydrogens is 258 g/mol. The normalized spacial score (nSPS) is 10.1. The molecule has 2 aromatic rings. The maximum Gasteiger partial charge on any atom is 0.419 e. The van der Waals surface area contributed by atoms with Crippen LogP contribution in [0.15, 0.2) is 27.4 Å². The van der Waals surface area contributed by atoms with Crippen LogP contribution in [0.2, 0.25) is 0 Å². The van der Waals surface area contributed by atoms with Crippen LogP contribution in [-0.2, 0) is 11.8 Å². The minimum Gasteiger partial charge on any atom is -0.408 e. The number of halogens is 1. The summed E-state index contributed by atoms with van der Waals surface area (Å²) in [5, 5.41) is 5.44. The van der Waals surface area contributed by atoms with Crippen LogP contribution >= 0.6 is 12.4 Å². The third kappa shape index (κ3) is 2.72. The Morgan fingerprint density at radius 2 is 2.17 bits per heavy atom. The molecule has 7 heteroatoms. The summed E-state index contributed by atoms with van der Waals surface area (Å²) in [6.45, 7) is 0.233. The lowest BCUT2D eigenvalue weighted by molar-refractivity contribution is -0.115. The van der Waals surface area contributed by atoms with Crippen molar-refractivity contribution in [1.29, 1.82) is 0 Å². The fourth-order valence-corrected chi connectivity index (χ4v) is 1.58. The third-order valence-corrected chi connectivity index (χ3v) is 2.41. The smallest absolute Gasteiger partial charge is 0.408 e. The van der Waals surface area contributed by atoms with Crippen LogP contribution in [0.3, 0.4) is 0 Å². The largest absolute Gasteiger partial charge is 0.419 e. The Labute approximate surface area is 109 Å². The number of carbonyl (C=O) groups is 1. The van der Waals surface area contributed by atoms with Gasteiger partial charge in [-0.2, -0.15) is 0 Å². The lowest BCUT2D eigenvalue weighted by Crippen LogP contribution is -2.24. The number of hydrogen-bond donors (Lipinski definition) is 2. The number of oxazole rings is 1. The Hall–Kier alpha value is -1.79. The molecule has 0 aliphatic carbocycles. The molecule has 1 aromatic carbocycles. The van der Waals surface area contributed by atoms with Crippen molar-refractivity contribution in [2.45, 2.75) is 0 Å². The first-order valence-electron chi connectivity index (χ1n) is 5.16. The zero-order valence-corrected chi connectivity index (χ0v) is 10.8. The number of rotatable bonds is 3. The van der Waals surface area contributed by atoms with Crippen molar-refractivity contribution in [3.63, 3.8) is 0 Å². The molecule has 0 saturated carbocycles. The molecule has 0 fully saturated rings. The van der Waals surface area contributed by atoms with Crippen molar-refractivity contribution in [1.82, 2.24) is 9.88 Å². The van der Waals surface area contributed by atoms with E-state index in [2.05, 4.69) is 10.6 Å². The van der Waals surface area contributed by atoms with Gasteiger partial charge in [-0.1, -0.05) is 0 Å². The molecule has 0 radical (unpaired) electrons. The van der Waals surface area contributed by atoms with Gasteiger partial charge in [0.25, 0.3) is 0 Å². The molecule has 0 aliphatic rings. The van der Waals surface area contributed by atoms with Gasteiger partial charge in [0.1, 0.15) is 0 Å². The molecule has 0 unspecified atom stereocenters. The van der Waals surface area contributed by atoms with Crippen LogP contribution in [0, 0.1) is 0 Å². The minimum absolute atomic E-state index is 0. The molecule has 0 aliphatic heterocycles. The Kier molecular flexibility index (Phi) is 4.52. The van der Waals surface area contributed by atoms with Crippen LogP contribution in [0.5, 0.6) is 0 Å². The number of anilines is 1. The zero-order valence-electron chi connectivity index (χ0n) is 10.0. The van der Waals surface area contributed by atoms with E-state index < -0.39 is 5.76 Å². The fourth-order valence-electron chi connectivity index (χ4n) is 1.58. The second-order valence-corrected chi connectivity index (χ2v) is 3.69. The van der Waals surface area contributed by atoms with E-state index >= 15 is 0 Å². The van der Waals surface area contributed by atoms with Crippen molar-refractivity contribution in [2.24, 2.45) is 7.05 Å². The summed E-state index contributed by atoms with van der Waals surface area (Å²) in [6, 6.07) is 5.09. The molecule has 0 spiro atoms. The van der Waals surface area contributed by atoms with E-state index in [1.807, 2.05) is 0 Å². The van der Waals surface area contributed by atoms with Crippen molar-refractivity contribution in [2.75, 3.05) is 18.9 Å². The van der Waals surface area contributed by atoms with E-state index in [4.69, 9.17) is 4.42 Å². The number of aromatic nitrogens is 1. The first-order chi connectivity index (χ1) is 8.11. The molecule has 2 N–H and O–H groups in total. The van der Waals surface area contributed by atoms with Crippen LogP contribution in [-0.4, -0.2) is 24.1 Å². The highest BCUT2D eigenvalue weighted by Crippen LogP contribution is 2.17. The Morgan fingerprint density at radius 3 is 2.83 bits per heavy atom. The van der Waals surface area contributed by atoms with Gasteiger partial charge in [-0.3, -0.25) is 9.36 Å². The lowest BCUT2D eigenvalue weighted by atomic mass is 10.3. The number of likely N-dealkylation sites (N-methyl/N-ethyl adjacent to an activating group) is 1. The number of nitrogens with one attached hydrogen (secondary N) is 2. The van der Waals surface area contributed by atoms with E-state index in [9.17, 15) is 9.59 Å². The molecule has 0 saturated heterocycles. The van der Waals surface area contributed by atoms with E-state index in [0.717, 1.165) is 0 Å². The highest BCUT2D eigenvalue weighted by molar-refractivity contribution is 5.94. The van der Waals surface area contributed by atoms with E-state index in [-0.39, 0.29) is 24.9 Å². The highest BCUT2D eigenvalue weighted by atomic mass is 35.5. The minimum atomic E-state index is -0.418. The second-order valence-electron chi connectivity index (χ2n) is 3.69. The summed E-state index contributed by atoms with van der Waals surface area (Å²) in [5.74, 6) is -0.566. The van der Waals surface area contributed by atoms with Crippen molar-refractivity contribution < 1.29 is 9.21 Å². The third-order valence-electron chi connectivity index (χ3n) is 2.41. The molecule has 1 aromatic heterocycles. The second kappa shape index (κ2) is 5.70. The number of hydrogen-bond acceptors (Lipinski definition) is 4. The molecule has 1 amide bonds. The predicted octanol–water partition coefficient (Wildman–Crippen LogP) is 0.711. The number of benzene rings is 1. The topological polar surface area (TPSA) is 76.3 Å². The number of carbonyl (C=O) groups excluding carboxylic acids is 1. The van der Waals surface area contributed by atoms with E-state index in [1.165, 1.54) is 4.57 Å². The lowest BCUT2D eigenvalue weighted by Gasteiger charge is -2.04. The summed E-state index contributed by atoms with van der Waals surface area (Å²) in [5.41, 5.74) is 1.76. The summed E-state index contributed by atoms with van der Waals surface area (Å²) < 4.78 is 6.43. The predicted molar refractivity (Wildman–Crippen MR) is 71.3 cm³/mol. The van der Waals surface area contributed by atoms with Gasteiger partial charge in [0, 0.05) is 18.8 Å². The number of amides is 1. The van der Waals surface area contributed by atoms with Gasteiger partial charge in [0.15, 0.2) is 5.58 Å². The van der Waals surface area contributed by atoms with Crippen LogP contribution in [0.4, 0.5) is 5.69 Å². The highest BCUT2D eigenvalue weighted by Gasteiger charge is 2.07. The maximum absolute atomic E-state index is 11.3. The van der Waals surface area contributed by atoms with Crippen LogP contribution in [0.1, 0.15) is 0 Å². The number of nitrogens with zero attached hydrogens (tertiary/aromatic N) is 1. The molecule has 1 heterocycles. The monoisotopic (exact) mass is 271 g/mol. The first-order valence-corrected chi connectivity index (χ1v) is 5.16. The number of fused-ring (bicyclic) bond motifs is 1. The van der Waals surface area contributed by atoms with Crippen molar-refractivity contribution in [3.8, 4) is 0 Å². The van der Waals surface area contributed by atoms with Gasteiger partial charge in [0.2, 0.25) is 5.91 Å². The molecule has 98 valence electrons. The molecule has 6 nitrogen and oxygen atoms in total. The van der Waals surface area contributed by atoms with Crippen LogP contribution in [0.25, 0.3) is 11.1 Å². The average molecular weight is 272 g/mol. The van der Waals surface area contributed by atoms with Gasteiger partial charge in [-0.15, -0.1) is 12.4 Å². The Morgan fingerprint density at radius 1 is 1.44 bits per heavy atom. The summed E-state index contributed by atoms with van der Waals surface area (Å²) >= 11 is 0. The van der Waals surface area contributed by atoms with Crippen molar-refractivity contribution in [3.05, 3.63) is 28.7 Å². The fraction of sp³-hybridized carbons (Fsp3) is 0.273. The standard InChI is InChI=1S/C11H13N3O3.ClH/c1-12-6-10(15)13-7-3-4-8-9(5-7)17-11(16)14(8)2;/h3-5,12H,6H2,1-2H3,(H,13,15);1H. The quantitative estimate of drug-likeness (QED) is 0.862. The van der Waals surface area contributed by atoms with Gasteiger partial charge >= 0.3 is 5.76 Å². The first kappa shape index (κ1) is 14.3. The number of aryl methyl sites for hydroxylation is 1. The maximum atomic E-state index is 11.3. The van der Waals surface area contributed by atoms with E-state index in [1.54, 1.807) is 32.3 Å². The summed E-state index contributed by atoms with van der Waals surface area (Å²) in [4.78, 5) is 22.6. The molecule has 0 atom stereocenters. The van der Waals surface area contributed by atoms with Gasteiger partial charge in [-0.05, 0) is 19.2 Å². The zero-order chi connectivity index (χ0) is 12.4. The Balaban J connectivity index is 0.00000162. The molecule has 0 bridgehead atoms. The SMILES string of the molecule is CNCC(=O)Nc1ccc2c(c1)oc(=O)n2C.Cl. The van der Waals surface area contributed by atoms with Gasteiger partial charge < -0.3 is 15.1 Å². The molecule has 18 heavy (non-hydrogen) atoms. The van der Waals surface area contributed by atoms with Gasteiger partial charge in [0.05, 0.1) is 12.1 Å². The van der Waals surface area contributed by atoms with Crippen LogP contribution < -0.4 is 16.4 Å². The summed E-state index contributed by atoms with van der Waals surface area (Å²) in [7, 11) is 3.33. The Bertz CT molecular complexity index is 618. The molecular formula is C11H14ClN3O3.